The highest BCUT2D eigenvalue weighted by atomic mass is 35.5. The van der Waals surface area contributed by atoms with Crippen molar-refractivity contribution in [1.29, 1.82) is 0 Å². The van der Waals surface area contributed by atoms with E-state index in [0.717, 1.165) is 37.3 Å². The van der Waals surface area contributed by atoms with Crippen LogP contribution in [-0.2, 0) is 13.0 Å². The molecule has 5 heteroatoms. The quantitative estimate of drug-likeness (QED) is 0.923. The molecule has 1 aromatic heterocycles. The Bertz CT molecular complexity index is 622. The molecule has 0 amide bonds. The van der Waals surface area contributed by atoms with Gasteiger partial charge in [-0.2, -0.15) is 5.10 Å². The van der Waals surface area contributed by atoms with Gasteiger partial charge in [-0.25, -0.2) is 0 Å². The van der Waals surface area contributed by atoms with E-state index < -0.39 is 0 Å². The minimum atomic E-state index is 0.571. The molecule has 0 atom stereocenters. The van der Waals surface area contributed by atoms with Crippen molar-refractivity contribution in [2.45, 2.75) is 26.3 Å². The Morgan fingerprint density at radius 3 is 2.90 bits per heavy atom. The van der Waals surface area contributed by atoms with Gasteiger partial charge >= 0.3 is 0 Å². The Morgan fingerprint density at radius 1 is 1.30 bits per heavy atom. The Hall–Kier alpha value is -1.03. The van der Waals surface area contributed by atoms with Gasteiger partial charge in [-0.15, -0.1) is 0 Å². The molecule has 1 aromatic carbocycles. The first kappa shape index (κ1) is 13.9. The summed E-state index contributed by atoms with van der Waals surface area (Å²) in [4.78, 5) is 2.47. The molecule has 0 saturated carbocycles. The summed E-state index contributed by atoms with van der Waals surface area (Å²) in [6, 6.07) is 5.69. The Morgan fingerprint density at radius 2 is 2.15 bits per heavy atom. The monoisotopic (exact) mass is 309 g/mol. The van der Waals surface area contributed by atoms with E-state index in [2.05, 4.69) is 22.0 Å². The Labute approximate surface area is 128 Å². The second-order valence-corrected chi connectivity index (χ2v) is 6.00. The third kappa shape index (κ3) is 2.58. The Kier molecular flexibility index (Phi) is 4.01. The van der Waals surface area contributed by atoms with E-state index in [1.54, 1.807) is 0 Å². The highest BCUT2D eigenvalue weighted by Crippen LogP contribution is 2.32. The van der Waals surface area contributed by atoms with Gasteiger partial charge in [0.25, 0.3) is 0 Å². The first-order valence-corrected chi connectivity index (χ1v) is 7.68. The predicted molar refractivity (Wildman–Crippen MR) is 83.3 cm³/mol. The van der Waals surface area contributed by atoms with Gasteiger partial charge in [0.1, 0.15) is 0 Å². The number of rotatable bonds is 3. The lowest BCUT2D eigenvalue weighted by Gasteiger charge is -2.26. The minimum absolute atomic E-state index is 0.571. The number of aromatic nitrogens is 2. The molecule has 3 rings (SSSR count). The van der Waals surface area contributed by atoms with Crippen LogP contribution in [0.5, 0.6) is 0 Å². The number of nitrogens with zero attached hydrogens (tertiary/aromatic N) is 2. The average molecular weight is 310 g/mol. The van der Waals surface area contributed by atoms with Crippen LogP contribution in [0.2, 0.25) is 10.0 Å². The molecule has 1 aliphatic rings. The molecule has 0 bridgehead atoms. The van der Waals surface area contributed by atoms with E-state index >= 15 is 0 Å². The number of halogens is 2. The number of hydrogen-bond acceptors (Lipinski definition) is 2. The summed E-state index contributed by atoms with van der Waals surface area (Å²) in [7, 11) is 0. The zero-order valence-electron chi connectivity index (χ0n) is 11.4. The molecule has 0 radical (unpaired) electrons. The number of benzene rings is 1. The van der Waals surface area contributed by atoms with Crippen LogP contribution in [0.1, 0.15) is 24.6 Å². The predicted octanol–water partition coefficient (Wildman–Crippen LogP) is 4.15. The van der Waals surface area contributed by atoms with Crippen LogP contribution in [0.15, 0.2) is 18.2 Å². The van der Waals surface area contributed by atoms with Crippen LogP contribution in [0.3, 0.4) is 0 Å². The van der Waals surface area contributed by atoms with Crippen LogP contribution in [0.4, 0.5) is 0 Å². The van der Waals surface area contributed by atoms with Crippen molar-refractivity contribution in [3.63, 3.8) is 0 Å². The first-order chi connectivity index (χ1) is 9.69. The molecule has 2 heterocycles. The van der Waals surface area contributed by atoms with Crippen LogP contribution < -0.4 is 0 Å². The molecule has 1 N–H and O–H groups in total. The van der Waals surface area contributed by atoms with Crippen molar-refractivity contribution in [3.8, 4) is 11.3 Å². The second kappa shape index (κ2) is 5.76. The van der Waals surface area contributed by atoms with Crippen molar-refractivity contribution >= 4 is 23.2 Å². The lowest BCUT2D eigenvalue weighted by molar-refractivity contribution is 0.254. The molecule has 3 nitrogen and oxygen atoms in total. The van der Waals surface area contributed by atoms with Crippen molar-refractivity contribution in [2.75, 3.05) is 13.1 Å². The summed E-state index contributed by atoms with van der Waals surface area (Å²) in [5, 5.41) is 8.80. The summed E-state index contributed by atoms with van der Waals surface area (Å²) in [6.07, 6.45) is 2.21. The minimum Gasteiger partial charge on any atom is -0.299 e. The van der Waals surface area contributed by atoms with Crippen LogP contribution in [0, 0.1) is 0 Å². The fourth-order valence-corrected chi connectivity index (χ4v) is 3.04. The van der Waals surface area contributed by atoms with Gasteiger partial charge in [-0.3, -0.25) is 10.00 Å². The third-order valence-corrected chi connectivity index (χ3v) is 4.48. The second-order valence-electron chi connectivity index (χ2n) is 5.18. The Balaban J connectivity index is 1.95. The van der Waals surface area contributed by atoms with Crippen molar-refractivity contribution in [2.24, 2.45) is 0 Å². The molecule has 0 saturated heterocycles. The highest BCUT2D eigenvalue weighted by Gasteiger charge is 2.22. The smallest absolute Gasteiger partial charge is 0.0969 e. The summed E-state index contributed by atoms with van der Waals surface area (Å²) in [6.45, 7) is 5.40. The fraction of sp³-hybridized carbons (Fsp3) is 0.400. The van der Waals surface area contributed by atoms with Gasteiger partial charge in [0.15, 0.2) is 0 Å². The largest absolute Gasteiger partial charge is 0.299 e. The van der Waals surface area contributed by atoms with Gasteiger partial charge < -0.3 is 0 Å². The number of H-pyrrole nitrogens is 1. The zero-order chi connectivity index (χ0) is 14.1. The van der Waals surface area contributed by atoms with Gasteiger partial charge in [-0.1, -0.05) is 36.2 Å². The lowest BCUT2D eigenvalue weighted by Crippen LogP contribution is -2.31. The van der Waals surface area contributed by atoms with Gasteiger partial charge in [-0.05, 0) is 25.1 Å². The molecule has 0 spiro atoms. The van der Waals surface area contributed by atoms with E-state index in [1.807, 2.05) is 18.2 Å². The summed E-state index contributed by atoms with van der Waals surface area (Å²) in [5.41, 5.74) is 4.57. The molecule has 20 heavy (non-hydrogen) atoms. The SMILES string of the molecule is CCCN1CCc2[nH]nc(-c3ccc(Cl)c(Cl)c3)c2C1. The van der Waals surface area contributed by atoms with Crippen LogP contribution in [0.25, 0.3) is 11.3 Å². The van der Waals surface area contributed by atoms with Crippen molar-refractivity contribution in [1.82, 2.24) is 15.1 Å². The topological polar surface area (TPSA) is 31.9 Å². The zero-order valence-corrected chi connectivity index (χ0v) is 12.9. The summed E-state index contributed by atoms with van der Waals surface area (Å²) >= 11 is 12.1. The number of fused-ring (bicyclic) bond motifs is 1. The van der Waals surface area contributed by atoms with Gasteiger partial charge in [0.2, 0.25) is 0 Å². The van der Waals surface area contributed by atoms with Crippen molar-refractivity contribution in [3.05, 3.63) is 39.5 Å². The van der Waals surface area contributed by atoms with Crippen LogP contribution in [-0.4, -0.2) is 28.2 Å². The average Bonchev–Trinajstić information content (AvgIpc) is 2.85. The van der Waals surface area contributed by atoms with Crippen molar-refractivity contribution < 1.29 is 0 Å². The normalized spacial score (nSPS) is 15.3. The fourth-order valence-electron chi connectivity index (χ4n) is 2.74. The molecule has 2 aromatic rings. The first-order valence-electron chi connectivity index (χ1n) is 6.93. The molecule has 0 fully saturated rings. The number of aromatic amines is 1. The van der Waals surface area contributed by atoms with E-state index in [-0.39, 0.29) is 0 Å². The number of nitrogens with one attached hydrogen (secondary N) is 1. The maximum absolute atomic E-state index is 6.11. The third-order valence-electron chi connectivity index (χ3n) is 3.75. The molecular formula is C15H17Cl2N3. The maximum atomic E-state index is 6.11. The van der Waals surface area contributed by atoms with E-state index in [1.165, 1.54) is 17.7 Å². The molecule has 1 aliphatic heterocycles. The highest BCUT2D eigenvalue weighted by molar-refractivity contribution is 6.42. The van der Waals surface area contributed by atoms with Gasteiger partial charge in [0, 0.05) is 36.3 Å². The van der Waals surface area contributed by atoms with E-state index in [9.17, 15) is 0 Å². The van der Waals surface area contributed by atoms with Crippen LogP contribution >= 0.6 is 23.2 Å². The molecule has 0 aliphatic carbocycles. The van der Waals surface area contributed by atoms with E-state index in [0.29, 0.717) is 10.0 Å². The summed E-state index contributed by atoms with van der Waals surface area (Å²) in [5.74, 6) is 0. The maximum Gasteiger partial charge on any atom is 0.0969 e. The molecular weight excluding hydrogens is 293 g/mol. The molecule has 0 unspecified atom stereocenters. The standard InChI is InChI=1S/C15H17Cl2N3/c1-2-6-20-7-5-14-11(9-20)15(19-18-14)10-3-4-12(16)13(17)8-10/h3-4,8H,2,5-7,9H2,1H3,(H,18,19). The number of hydrogen-bond donors (Lipinski definition) is 1. The molecule has 106 valence electrons. The van der Waals surface area contributed by atoms with E-state index in [4.69, 9.17) is 23.2 Å². The van der Waals surface area contributed by atoms with Gasteiger partial charge in [0.05, 0.1) is 15.7 Å². The lowest BCUT2D eigenvalue weighted by atomic mass is 10.0. The summed E-state index contributed by atoms with van der Waals surface area (Å²) < 4.78 is 0.